The number of hydrogen-bond acceptors (Lipinski definition) is 6. The molecule has 1 aliphatic carbocycles. The highest BCUT2D eigenvalue weighted by atomic mass is 16.5. The van der Waals surface area contributed by atoms with Gasteiger partial charge in [0.25, 0.3) is 0 Å². The van der Waals surface area contributed by atoms with Gasteiger partial charge in [-0.3, -0.25) is 0 Å². The second-order valence-electron chi connectivity index (χ2n) is 6.39. The van der Waals surface area contributed by atoms with Gasteiger partial charge >= 0.3 is 0 Å². The zero-order chi connectivity index (χ0) is 14.9. The predicted octanol–water partition coefficient (Wildman–Crippen LogP) is 2.17. The van der Waals surface area contributed by atoms with Crippen LogP contribution in [0.2, 0.25) is 0 Å². The molecule has 118 valence electrons. The minimum absolute atomic E-state index is 0.0904. The maximum Gasteiger partial charge on any atom is 0.243 e. The van der Waals surface area contributed by atoms with Crippen LogP contribution >= 0.6 is 0 Å². The third-order valence-corrected chi connectivity index (χ3v) is 5.04. The number of hydrogen-bond donors (Lipinski definition) is 1. The highest BCUT2D eigenvalue weighted by molar-refractivity contribution is 5.06. The van der Waals surface area contributed by atoms with Crippen molar-refractivity contribution in [1.82, 2.24) is 15.5 Å². The first kappa shape index (κ1) is 14.9. The van der Waals surface area contributed by atoms with E-state index in [1.165, 1.54) is 0 Å². The van der Waals surface area contributed by atoms with Crippen molar-refractivity contribution < 1.29 is 14.0 Å². The average Bonchev–Trinajstić information content (AvgIpc) is 3.17. The molecule has 1 aliphatic heterocycles. The van der Waals surface area contributed by atoms with Gasteiger partial charge in [-0.2, -0.15) is 4.98 Å². The van der Waals surface area contributed by atoms with Gasteiger partial charge in [0.2, 0.25) is 11.7 Å². The van der Waals surface area contributed by atoms with Gasteiger partial charge in [-0.15, -0.1) is 0 Å². The van der Waals surface area contributed by atoms with Gasteiger partial charge in [0.15, 0.2) is 0 Å². The third-order valence-electron chi connectivity index (χ3n) is 5.04. The number of rotatable bonds is 4. The lowest BCUT2D eigenvalue weighted by molar-refractivity contribution is -0.0609. The Balaban J connectivity index is 1.74. The first-order chi connectivity index (χ1) is 10.2. The molecule has 6 heteroatoms. The lowest BCUT2D eigenvalue weighted by Gasteiger charge is -2.35. The molecule has 0 amide bonds. The van der Waals surface area contributed by atoms with Crippen LogP contribution in [0.4, 0.5) is 0 Å². The molecule has 0 spiro atoms. The maximum atomic E-state index is 5.80. The minimum atomic E-state index is -0.368. The summed E-state index contributed by atoms with van der Waals surface area (Å²) in [7, 11) is 3.48. The molecule has 2 heterocycles. The number of ether oxygens (including phenoxy) is 2. The van der Waals surface area contributed by atoms with Crippen molar-refractivity contribution >= 4 is 0 Å². The topological polar surface area (TPSA) is 69.4 Å². The molecule has 0 aromatic carbocycles. The molecule has 1 aromatic heterocycles. The smallest absolute Gasteiger partial charge is 0.243 e. The lowest BCUT2D eigenvalue weighted by atomic mass is 9.79. The van der Waals surface area contributed by atoms with Crippen LogP contribution in [0.25, 0.3) is 0 Å². The molecular weight excluding hydrogens is 270 g/mol. The molecule has 1 N–H and O–H groups in total. The van der Waals surface area contributed by atoms with Crippen LogP contribution in [0.1, 0.15) is 56.8 Å². The van der Waals surface area contributed by atoms with Crippen molar-refractivity contribution in [3.8, 4) is 0 Å². The minimum Gasteiger partial charge on any atom is -0.380 e. The number of nitrogens with one attached hydrogen (secondary N) is 1. The molecule has 1 aromatic rings. The molecule has 2 aliphatic rings. The highest BCUT2D eigenvalue weighted by Gasteiger charge is 2.41. The van der Waals surface area contributed by atoms with Gasteiger partial charge in [-0.25, -0.2) is 0 Å². The van der Waals surface area contributed by atoms with Crippen molar-refractivity contribution in [2.24, 2.45) is 5.92 Å². The van der Waals surface area contributed by atoms with E-state index in [9.17, 15) is 0 Å². The fourth-order valence-corrected chi connectivity index (χ4v) is 3.38. The summed E-state index contributed by atoms with van der Waals surface area (Å²) in [6.07, 6.45) is 5.30. The van der Waals surface area contributed by atoms with Gasteiger partial charge in [-0.1, -0.05) is 12.1 Å². The molecule has 1 saturated carbocycles. The summed E-state index contributed by atoms with van der Waals surface area (Å²) in [5.74, 6) is 2.10. The normalized spacial score (nSPS) is 37.0. The predicted molar refractivity (Wildman–Crippen MR) is 76.8 cm³/mol. The first-order valence-electron chi connectivity index (χ1n) is 7.82. The Labute approximate surface area is 125 Å². The molecule has 0 radical (unpaired) electrons. The number of nitrogens with zero attached hydrogens (tertiary/aromatic N) is 2. The summed E-state index contributed by atoms with van der Waals surface area (Å²) < 4.78 is 16.7. The van der Waals surface area contributed by atoms with E-state index < -0.39 is 0 Å². The molecule has 6 nitrogen and oxygen atoms in total. The fourth-order valence-electron chi connectivity index (χ4n) is 3.38. The van der Waals surface area contributed by atoms with Crippen molar-refractivity contribution in [3.05, 3.63) is 11.7 Å². The zero-order valence-corrected chi connectivity index (χ0v) is 13.1. The summed E-state index contributed by atoms with van der Waals surface area (Å²) in [4.78, 5) is 4.63. The second kappa shape index (κ2) is 6.02. The summed E-state index contributed by atoms with van der Waals surface area (Å²) in [5.41, 5.74) is -0.368. The van der Waals surface area contributed by atoms with E-state index in [1.807, 2.05) is 0 Å². The lowest BCUT2D eigenvalue weighted by Crippen LogP contribution is -2.34. The Morgan fingerprint density at radius 1 is 1.29 bits per heavy atom. The summed E-state index contributed by atoms with van der Waals surface area (Å²) in [6.45, 7) is 3.11. The van der Waals surface area contributed by atoms with Crippen LogP contribution in [0.5, 0.6) is 0 Å². The molecular formula is C15H25N3O3. The maximum absolute atomic E-state index is 5.80. The summed E-state index contributed by atoms with van der Waals surface area (Å²) in [5, 5.41) is 7.58. The molecule has 0 unspecified atom stereocenters. The number of aromatic nitrogens is 2. The molecule has 0 bridgehead atoms. The van der Waals surface area contributed by atoms with Crippen molar-refractivity contribution in [3.63, 3.8) is 0 Å². The van der Waals surface area contributed by atoms with Crippen LogP contribution in [0.3, 0.4) is 0 Å². The fraction of sp³-hybridized carbons (Fsp3) is 0.867. The monoisotopic (exact) mass is 295 g/mol. The molecule has 2 atom stereocenters. The van der Waals surface area contributed by atoms with Crippen LogP contribution in [0, 0.1) is 5.92 Å². The van der Waals surface area contributed by atoms with E-state index in [0.29, 0.717) is 11.7 Å². The van der Waals surface area contributed by atoms with Gasteiger partial charge in [-0.05, 0) is 38.0 Å². The van der Waals surface area contributed by atoms with E-state index in [2.05, 4.69) is 22.4 Å². The Hall–Kier alpha value is -0.980. The quantitative estimate of drug-likeness (QED) is 0.918. The van der Waals surface area contributed by atoms with E-state index in [1.54, 1.807) is 14.2 Å². The van der Waals surface area contributed by atoms with Crippen molar-refractivity contribution in [2.75, 3.05) is 20.8 Å². The van der Waals surface area contributed by atoms with Crippen LogP contribution in [-0.2, 0) is 15.1 Å². The standard InChI is InChI=1S/C15H25N3O3/c1-10-4-6-15(20-3,7-5-10)14-17-13(21-18-14)12-8-11(19-2)9-16-12/h10-12,16H,4-9H2,1-3H3/t10?,11-,12+,15?/m0/s1. The van der Waals surface area contributed by atoms with Crippen molar-refractivity contribution in [1.29, 1.82) is 0 Å². The van der Waals surface area contributed by atoms with Gasteiger partial charge in [0, 0.05) is 20.8 Å². The van der Waals surface area contributed by atoms with Gasteiger partial charge in [0.05, 0.1) is 12.1 Å². The summed E-state index contributed by atoms with van der Waals surface area (Å²) in [6, 6.07) is 0.0904. The molecule has 2 fully saturated rings. The largest absolute Gasteiger partial charge is 0.380 e. The molecule has 3 rings (SSSR count). The average molecular weight is 295 g/mol. The Bertz CT molecular complexity index is 468. The number of methoxy groups -OCH3 is 2. The Morgan fingerprint density at radius 3 is 2.67 bits per heavy atom. The zero-order valence-electron chi connectivity index (χ0n) is 13.1. The Kier molecular flexibility index (Phi) is 4.28. The van der Waals surface area contributed by atoms with Crippen LogP contribution < -0.4 is 5.32 Å². The third kappa shape index (κ3) is 2.84. The molecule has 21 heavy (non-hydrogen) atoms. The highest BCUT2D eigenvalue weighted by Crippen LogP contribution is 2.41. The van der Waals surface area contributed by atoms with E-state index in [0.717, 1.165) is 44.6 Å². The molecule has 1 saturated heterocycles. The summed E-state index contributed by atoms with van der Waals surface area (Å²) >= 11 is 0. The van der Waals surface area contributed by atoms with Crippen molar-refractivity contribution in [2.45, 2.75) is 56.8 Å². The van der Waals surface area contributed by atoms with Crippen LogP contribution in [-0.4, -0.2) is 37.0 Å². The first-order valence-corrected chi connectivity index (χ1v) is 7.82. The van der Waals surface area contributed by atoms with Crippen LogP contribution in [0.15, 0.2) is 4.52 Å². The second-order valence-corrected chi connectivity index (χ2v) is 6.39. The van der Waals surface area contributed by atoms with Gasteiger partial charge in [0.1, 0.15) is 5.60 Å². The SMILES string of the molecule is CO[C@@H]1CN[C@@H](c2nc(C3(OC)CCC(C)CC3)no2)C1. The van der Waals surface area contributed by atoms with E-state index in [4.69, 9.17) is 14.0 Å². The van der Waals surface area contributed by atoms with E-state index in [-0.39, 0.29) is 17.7 Å². The van der Waals surface area contributed by atoms with Gasteiger partial charge < -0.3 is 19.3 Å². The Morgan fingerprint density at radius 2 is 2.05 bits per heavy atom. The van der Waals surface area contributed by atoms with E-state index >= 15 is 0 Å².